The maximum absolute atomic E-state index is 4.60. The molecule has 6 heteroatoms. The van der Waals surface area contributed by atoms with Crippen LogP contribution in [0.25, 0.3) is 11.4 Å². The van der Waals surface area contributed by atoms with Gasteiger partial charge in [-0.3, -0.25) is 0 Å². The summed E-state index contributed by atoms with van der Waals surface area (Å²) >= 11 is 3.13. The predicted molar refractivity (Wildman–Crippen MR) is 84.4 cm³/mol. The van der Waals surface area contributed by atoms with Crippen molar-refractivity contribution in [2.45, 2.75) is 6.42 Å². The molecule has 0 bridgehead atoms. The third-order valence-electron chi connectivity index (χ3n) is 2.92. The number of benzene rings is 1. The molecule has 0 amide bonds. The van der Waals surface area contributed by atoms with Crippen LogP contribution in [0, 0.1) is 0 Å². The SMILES string of the molecule is CN(CCc1nccs1)c1nc(-c2ccccc2)ns1. The first-order valence-corrected chi connectivity index (χ1v) is 7.97. The van der Waals surface area contributed by atoms with E-state index in [-0.39, 0.29) is 0 Å². The number of hydrogen-bond acceptors (Lipinski definition) is 6. The zero-order valence-electron chi connectivity index (χ0n) is 11.1. The molecule has 0 saturated heterocycles. The predicted octanol–water partition coefficient (Wildman–Crippen LogP) is 3.34. The summed E-state index contributed by atoms with van der Waals surface area (Å²) in [6.07, 6.45) is 2.78. The van der Waals surface area contributed by atoms with Crippen LogP contribution >= 0.6 is 22.9 Å². The second-order valence-electron chi connectivity index (χ2n) is 4.36. The summed E-state index contributed by atoms with van der Waals surface area (Å²) in [5.74, 6) is 0.798. The van der Waals surface area contributed by atoms with Gasteiger partial charge in [0.25, 0.3) is 0 Å². The number of anilines is 1. The van der Waals surface area contributed by atoms with Gasteiger partial charge in [-0.25, -0.2) is 4.98 Å². The molecule has 0 spiro atoms. The van der Waals surface area contributed by atoms with Gasteiger partial charge < -0.3 is 4.90 Å². The molecule has 102 valence electrons. The molecule has 3 aromatic rings. The number of likely N-dealkylation sites (N-methyl/N-ethyl adjacent to an activating group) is 1. The summed E-state index contributed by atoms with van der Waals surface area (Å²) in [7, 11) is 2.04. The van der Waals surface area contributed by atoms with Gasteiger partial charge in [-0.2, -0.15) is 9.36 Å². The molecular weight excluding hydrogens is 288 g/mol. The minimum Gasteiger partial charge on any atom is -0.349 e. The van der Waals surface area contributed by atoms with Crippen molar-refractivity contribution in [3.63, 3.8) is 0 Å². The van der Waals surface area contributed by atoms with Gasteiger partial charge in [-0.05, 0) is 0 Å². The van der Waals surface area contributed by atoms with Crippen LogP contribution in [0.3, 0.4) is 0 Å². The fraction of sp³-hybridized carbons (Fsp3) is 0.214. The molecule has 0 aliphatic heterocycles. The van der Waals surface area contributed by atoms with Crippen LogP contribution < -0.4 is 4.90 Å². The first-order chi connectivity index (χ1) is 9.83. The number of nitrogens with zero attached hydrogens (tertiary/aromatic N) is 4. The van der Waals surface area contributed by atoms with Crippen LogP contribution in [0.15, 0.2) is 41.9 Å². The fourth-order valence-electron chi connectivity index (χ4n) is 1.81. The van der Waals surface area contributed by atoms with Crippen LogP contribution in [-0.2, 0) is 6.42 Å². The summed E-state index contributed by atoms with van der Waals surface area (Å²) < 4.78 is 4.43. The van der Waals surface area contributed by atoms with Crippen LogP contribution in [-0.4, -0.2) is 27.9 Å². The van der Waals surface area contributed by atoms with Gasteiger partial charge in [0.1, 0.15) is 0 Å². The zero-order valence-corrected chi connectivity index (χ0v) is 12.7. The molecule has 2 heterocycles. The van der Waals surface area contributed by atoms with Crippen LogP contribution in [0.4, 0.5) is 5.13 Å². The lowest BCUT2D eigenvalue weighted by atomic mass is 10.2. The minimum atomic E-state index is 0.798. The topological polar surface area (TPSA) is 41.9 Å². The first-order valence-electron chi connectivity index (χ1n) is 6.31. The number of aromatic nitrogens is 3. The smallest absolute Gasteiger partial charge is 0.205 e. The molecule has 0 N–H and O–H groups in total. The summed E-state index contributed by atoms with van der Waals surface area (Å²) in [4.78, 5) is 11.0. The Morgan fingerprint density at radius 1 is 1.20 bits per heavy atom. The van der Waals surface area contributed by atoms with E-state index in [9.17, 15) is 0 Å². The highest BCUT2D eigenvalue weighted by molar-refractivity contribution is 7.10. The van der Waals surface area contributed by atoms with Crippen molar-refractivity contribution in [2.75, 3.05) is 18.5 Å². The van der Waals surface area contributed by atoms with E-state index in [0.29, 0.717) is 0 Å². The van der Waals surface area contributed by atoms with Gasteiger partial charge in [0.2, 0.25) is 5.13 Å². The van der Waals surface area contributed by atoms with Gasteiger partial charge in [0, 0.05) is 48.7 Å². The van der Waals surface area contributed by atoms with Crippen molar-refractivity contribution < 1.29 is 0 Å². The highest BCUT2D eigenvalue weighted by Crippen LogP contribution is 2.23. The van der Waals surface area contributed by atoms with Gasteiger partial charge in [-0.1, -0.05) is 30.3 Å². The molecule has 0 aliphatic rings. The van der Waals surface area contributed by atoms with Crippen molar-refractivity contribution in [3.8, 4) is 11.4 Å². The Balaban J connectivity index is 1.67. The van der Waals surface area contributed by atoms with E-state index in [2.05, 4.69) is 19.2 Å². The number of thiazole rings is 1. The largest absolute Gasteiger partial charge is 0.349 e. The Labute approximate surface area is 125 Å². The van der Waals surface area contributed by atoms with E-state index in [1.165, 1.54) is 11.5 Å². The highest BCUT2D eigenvalue weighted by Gasteiger charge is 2.10. The minimum absolute atomic E-state index is 0.798. The van der Waals surface area contributed by atoms with Gasteiger partial charge in [-0.15, -0.1) is 11.3 Å². The Kier molecular flexibility index (Phi) is 4.03. The Hall–Kier alpha value is -1.79. The Morgan fingerprint density at radius 2 is 2.05 bits per heavy atom. The summed E-state index contributed by atoms with van der Waals surface area (Å²) in [5.41, 5.74) is 1.06. The summed E-state index contributed by atoms with van der Waals surface area (Å²) in [6.45, 7) is 0.900. The van der Waals surface area contributed by atoms with Gasteiger partial charge in [0.05, 0.1) is 5.01 Å². The second-order valence-corrected chi connectivity index (χ2v) is 6.07. The molecule has 3 rings (SSSR count). The maximum atomic E-state index is 4.60. The lowest BCUT2D eigenvalue weighted by Crippen LogP contribution is -2.19. The van der Waals surface area contributed by atoms with Crippen molar-refractivity contribution in [1.29, 1.82) is 0 Å². The molecule has 20 heavy (non-hydrogen) atoms. The fourth-order valence-corrected chi connectivity index (χ4v) is 3.09. The van der Waals surface area contributed by atoms with Crippen molar-refractivity contribution in [3.05, 3.63) is 46.9 Å². The second kappa shape index (κ2) is 6.11. The third kappa shape index (κ3) is 3.02. The van der Waals surface area contributed by atoms with Crippen molar-refractivity contribution >= 4 is 28.0 Å². The monoisotopic (exact) mass is 302 g/mol. The van der Waals surface area contributed by atoms with Crippen LogP contribution in [0.2, 0.25) is 0 Å². The van der Waals surface area contributed by atoms with Crippen LogP contribution in [0.5, 0.6) is 0 Å². The Morgan fingerprint density at radius 3 is 2.80 bits per heavy atom. The lowest BCUT2D eigenvalue weighted by Gasteiger charge is -2.13. The highest BCUT2D eigenvalue weighted by atomic mass is 32.1. The molecule has 0 saturated carbocycles. The molecule has 2 aromatic heterocycles. The van der Waals surface area contributed by atoms with E-state index < -0.39 is 0 Å². The standard InChI is InChI=1S/C14H14N4S2/c1-18(9-7-12-15-8-10-19-12)14-16-13(17-20-14)11-5-3-2-4-6-11/h2-6,8,10H,7,9H2,1H3. The van der Waals surface area contributed by atoms with E-state index >= 15 is 0 Å². The molecule has 0 fully saturated rings. The third-order valence-corrected chi connectivity index (χ3v) is 4.59. The average molecular weight is 302 g/mol. The molecular formula is C14H14N4S2. The average Bonchev–Trinajstić information content (AvgIpc) is 3.17. The maximum Gasteiger partial charge on any atom is 0.205 e. The van der Waals surface area contributed by atoms with E-state index in [0.717, 1.165) is 34.5 Å². The molecule has 0 radical (unpaired) electrons. The van der Waals surface area contributed by atoms with Gasteiger partial charge >= 0.3 is 0 Å². The molecule has 1 aromatic carbocycles. The zero-order chi connectivity index (χ0) is 13.8. The molecule has 0 aliphatic carbocycles. The number of rotatable bonds is 5. The summed E-state index contributed by atoms with van der Waals surface area (Å²) in [6, 6.07) is 10.1. The van der Waals surface area contributed by atoms with E-state index in [1.54, 1.807) is 11.3 Å². The van der Waals surface area contributed by atoms with Gasteiger partial charge in [0.15, 0.2) is 5.82 Å². The quantitative estimate of drug-likeness (QED) is 0.725. The molecule has 4 nitrogen and oxygen atoms in total. The molecule has 0 atom stereocenters. The normalized spacial score (nSPS) is 10.7. The number of hydrogen-bond donors (Lipinski definition) is 0. The van der Waals surface area contributed by atoms with Crippen molar-refractivity contribution in [2.24, 2.45) is 0 Å². The lowest BCUT2D eigenvalue weighted by molar-refractivity contribution is 0.865. The van der Waals surface area contributed by atoms with Crippen LogP contribution in [0.1, 0.15) is 5.01 Å². The van der Waals surface area contributed by atoms with E-state index in [4.69, 9.17) is 0 Å². The molecule has 0 unspecified atom stereocenters. The van der Waals surface area contributed by atoms with E-state index in [1.807, 2.05) is 49.0 Å². The Bertz CT molecular complexity index is 649. The van der Waals surface area contributed by atoms with Crippen molar-refractivity contribution in [1.82, 2.24) is 14.3 Å². The summed E-state index contributed by atoms with van der Waals surface area (Å²) in [5, 5.41) is 4.11. The first kappa shape index (κ1) is 13.2.